The second kappa shape index (κ2) is 18.9. The van der Waals surface area contributed by atoms with Crippen LogP contribution in [0.15, 0.2) is 251 Å². The van der Waals surface area contributed by atoms with Gasteiger partial charge in [-0.1, -0.05) is 256 Å². The van der Waals surface area contributed by atoms with Gasteiger partial charge >= 0.3 is 0 Å². The van der Waals surface area contributed by atoms with Crippen molar-refractivity contribution in [3.8, 4) is 0 Å². The average molecular weight is 947 g/mol. The third kappa shape index (κ3) is 7.87. The molecule has 0 aliphatic rings. The summed E-state index contributed by atoms with van der Waals surface area (Å²) < 4.78 is 0. The van der Waals surface area contributed by atoms with Crippen molar-refractivity contribution in [1.29, 1.82) is 0 Å². The molecule has 0 fully saturated rings. The normalized spacial score (nSPS) is 12.0. The molecule has 0 aliphatic carbocycles. The number of hydrogen-bond donors (Lipinski definition) is 3. The molecule has 7 heteroatoms. The fourth-order valence-electron chi connectivity index (χ4n) is 9.80. The van der Waals surface area contributed by atoms with E-state index in [1.165, 1.54) is 62.6 Å². The Morgan fingerprint density at radius 1 is 0.250 bits per heavy atom. The van der Waals surface area contributed by atoms with Gasteiger partial charge in [-0.3, -0.25) is 0 Å². The van der Waals surface area contributed by atoms with Crippen LogP contribution < -0.4 is 62.6 Å². The van der Waals surface area contributed by atoms with E-state index in [-0.39, 0.29) is 0 Å². The van der Waals surface area contributed by atoms with Crippen LogP contribution in [0.25, 0.3) is 0 Å². The van der Waals surface area contributed by atoms with E-state index in [0.29, 0.717) is 0 Å². The first-order valence-corrected chi connectivity index (χ1v) is 32.0. The van der Waals surface area contributed by atoms with Crippen molar-refractivity contribution in [3.63, 3.8) is 0 Å². The Hall–Kier alpha value is -4.89. The number of benzene rings is 9. The molecule has 314 valence electrons. The molecule has 0 heterocycles. The van der Waals surface area contributed by atoms with Crippen LogP contribution in [0.1, 0.15) is 0 Å². The van der Waals surface area contributed by atoms with E-state index in [1.54, 1.807) is 0 Å². The Labute approximate surface area is 400 Å². The third-order valence-electron chi connectivity index (χ3n) is 13.5. The molecule has 0 spiro atoms. The molecule has 9 aromatic carbocycles. The quantitative estimate of drug-likeness (QED) is 0.0478. The Balaban J connectivity index is 1.35. The van der Waals surface area contributed by atoms with Crippen LogP contribution in [0.3, 0.4) is 0 Å². The van der Waals surface area contributed by atoms with Gasteiger partial charge in [0.1, 0.15) is 24.2 Å². The Morgan fingerprint density at radius 2 is 0.438 bits per heavy atom. The van der Waals surface area contributed by atoms with Crippen LogP contribution in [0, 0.1) is 0 Å². The van der Waals surface area contributed by atoms with Gasteiger partial charge in [-0.2, -0.15) is 0 Å². The summed E-state index contributed by atoms with van der Waals surface area (Å²) in [4.78, 5) is 3.14. The van der Waals surface area contributed by atoms with E-state index in [2.05, 4.69) is 256 Å². The monoisotopic (exact) mass is 946 g/mol. The van der Waals surface area contributed by atoms with Crippen molar-refractivity contribution < 1.29 is 0 Å². The standard InChI is InChI=1S/C57H51PS3Si3/c1-62(43-25-10-4-11-26-43,44-27-12-5-13-28-44)52-40-22-37-49(55(52)59)58(50-38-23-41-53(56(50)60)63(2,45-29-14-6-15-30-45)46-31-16-7-17-32-46)51-39-24-42-54(57(51)61)64(3,47-33-18-8-19-34-47)48-35-20-9-21-36-48/h4-42,59-61H,1-3H3. The van der Waals surface area contributed by atoms with Crippen LogP contribution >= 0.6 is 45.8 Å². The highest BCUT2D eigenvalue weighted by molar-refractivity contribution is 7.87. The average Bonchev–Trinajstić information content (AvgIpc) is 3.36. The van der Waals surface area contributed by atoms with E-state index in [9.17, 15) is 0 Å². The van der Waals surface area contributed by atoms with Gasteiger partial charge in [-0.05, 0) is 70.5 Å². The van der Waals surface area contributed by atoms with E-state index < -0.39 is 32.1 Å². The maximum atomic E-state index is 5.73. The highest BCUT2D eigenvalue weighted by atomic mass is 32.1. The minimum Gasteiger partial charge on any atom is -0.143 e. The largest absolute Gasteiger partial charge is 0.146 e. The maximum absolute atomic E-state index is 5.73. The topological polar surface area (TPSA) is 0 Å². The molecule has 0 radical (unpaired) electrons. The molecule has 0 bridgehead atoms. The summed E-state index contributed by atoms with van der Waals surface area (Å²) in [5.41, 5.74) is 0. The van der Waals surface area contributed by atoms with Crippen LogP contribution in [-0.2, 0) is 0 Å². The van der Waals surface area contributed by atoms with Crippen molar-refractivity contribution in [2.45, 2.75) is 34.3 Å². The van der Waals surface area contributed by atoms with Crippen molar-refractivity contribution in [2.75, 3.05) is 0 Å². The molecule has 9 aromatic rings. The van der Waals surface area contributed by atoms with Gasteiger partial charge < -0.3 is 0 Å². The lowest BCUT2D eigenvalue weighted by Gasteiger charge is -2.35. The predicted molar refractivity (Wildman–Crippen MR) is 297 cm³/mol. The summed E-state index contributed by atoms with van der Waals surface area (Å²) >= 11 is 17.2. The van der Waals surface area contributed by atoms with Gasteiger partial charge in [-0.15, -0.1) is 37.9 Å². The van der Waals surface area contributed by atoms with Gasteiger partial charge in [0.15, 0.2) is 0 Å². The molecule has 0 aromatic heterocycles. The molecule has 0 unspecified atom stereocenters. The molecular weight excluding hydrogens is 896 g/mol. The van der Waals surface area contributed by atoms with Crippen LogP contribution in [0.2, 0.25) is 19.6 Å². The van der Waals surface area contributed by atoms with Gasteiger partial charge in [0, 0.05) is 14.7 Å². The summed E-state index contributed by atoms with van der Waals surface area (Å²) in [6.07, 6.45) is 0. The van der Waals surface area contributed by atoms with Gasteiger partial charge in [0.05, 0.1) is 0 Å². The lowest BCUT2D eigenvalue weighted by molar-refractivity contribution is 1.53. The van der Waals surface area contributed by atoms with E-state index >= 15 is 0 Å². The molecule has 0 saturated heterocycles. The molecule has 9 rings (SSSR count). The SMILES string of the molecule is C[Si](c1ccccc1)(c1ccccc1)c1cccc(P(c2cccc([Si](C)(c3ccccc3)c3ccccc3)c2S)c2cccc([Si](C)(c3ccccc3)c3ccccc3)c2S)c1S. The van der Waals surface area contributed by atoms with Gasteiger partial charge in [0.2, 0.25) is 0 Å². The van der Waals surface area contributed by atoms with Crippen molar-refractivity contribution in [2.24, 2.45) is 0 Å². The number of thiol groups is 3. The van der Waals surface area contributed by atoms with Crippen molar-refractivity contribution >= 4 is 133 Å². The first-order valence-electron chi connectivity index (χ1n) is 21.8. The predicted octanol–water partition coefficient (Wildman–Crippen LogP) is 7.61. The lowest BCUT2D eigenvalue weighted by Crippen LogP contribution is -2.66. The smallest absolute Gasteiger partial charge is 0.143 e. The molecule has 0 aliphatic heterocycles. The molecule has 0 nitrogen and oxygen atoms in total. The Kier molecular flexibility index (Phi) is 13.1. The minimum atomic E-state index is -2.58. The van der Waals surface area contributed by atoms with Gasteiger partial charge in [0.25, 0.3) is 0 Å². The zero-order valence-electron chi connectivity index (χ0n) is 36.3. The number of hydrogen-bond acceptors (Lipinski definition) is 3. The molecule has 64 heavy (non-hydrogen) atoms. The Morgan fingerprint density at radius 3 is 0.625 bits per heavy atom. The molecular formula is C57H51PS3Si3. The molecule has 0 N–H and O–H groups in total. The van der Waals surface area contributed by atoms with E-state index in [1.807, 2.05) is 0 Å². The first kappa shape index (κ1) is 44.3. The number of rotatable bonds is 12. The third-order valence-corrected chi connectivity index (χ3v) is 32.1. The molecule has 0 saturated carbocycles. The summed E-state index contributed by atoms with van der Waals surface area (Å²) in [5.74, 6) is 0. The zero-order chi connectivity index (χ0) is 44.3. The lowest BCUT2D eigenvalue weighted by atomic mass is 10.3. The fourth-order valence-corrected chi connectivity index (χ4v) is 27.1. The highest BCUT2D eigenvalue weighted by Crippen LogP contribution is 2.39. The highest BCUT2D eigenvalue weighted by Gasteiger charge is 2.41. The summed E-state index contributed by atoms with van der Waals surface area (Å²) in [5, 5.41) is 15.7. The maximum Gasteiger partial charge on any atom is 0.146 e. The minimum absolute atomic E-state index is 1.05. The second-order valence-corrected chi connectivity index (χ2v) is 32.2. The second-order valence-electron chi connectivity index (χ2n) is 16.9. The van der Waals surface area contributed by atoms with Crippen LogP contribution in [0.4, 0.5) is 0 Å². The Bertz CT molecular complexity index is 2560. The molecule has 0 atom stereocenters. The van der Waals surface area contributed by atoms with Crippen molar-refractivity contribution in [3.05, 3.63) is 237 Å². The summed E-state index contributed by atoms with van der Waals surface area (Å²) in [6.45, 7) is 7.46. The summed E-state index contributed by atoms with van der Waals surface area (Å²) in [6, 6.07) is 87.4. The first-order chi connectivity index (χ1) is 31.2. The summed E-state index contributed by atoms with van der Waals surface area (Å²) in [7, 11) is -9.01. The molecule has 0 amide bonds. The van der Waals surface area contributed by atoms with Crippen LogP contribution in [0.5, 0.6) is 0 Å². The zero-order valence-corrected chi connectivity index (χ0v) is 42.9. The van der Waals surface area contributed by atoms with E-state index in [0.717, 1.165) is 14.7 Å². The van der Waals surface area contributed by atoms with Crippen molar-refractivity contribution in [1.82, 2.24) is 0 Å². The fraction of sp³-hybridized carbons (Fsp3) is 0.0526. The van der Waals surface area contributed by atoms with Crippen LogP contribution in [-0.4, -0.2) is 24.2 Å². The van der Waals surface area contributed by atoms with E-state index in [4.69, 9.17) is 37.9 Å². The van der Waals surface area contributed by atoms with Gasteiger partial charge in [-0.25, -0.2) is 0 Å².